The lowest BCUT2D eigenvalue weighted by molar-refractivity contribution is 0.242. The number of benzene rings is 1. The van der Waals surface area contributed by atoms with E-state index < -0.39 is 0 Å². The number of nitrogens with two attached hydrogens (primary N) is 1. The van der Waals surface area contributed by atoms with Gasteiger partial charge in [-0.15, -0.1) is 0 Å². The standard InChI is InChI=1S/C16H18N4O/c1-10(2)21-13-6-4-12(5-7-13)20-15-14(19-16(20)17)11(3)8-9-18-15/h4-10H,1-3H3,(H2,17,19). The number of hydrogen-bond donors (Lipinski definition) is 1. The second-order valence-electron chi connectivity index (χ2n) is 5.27. The van der Waals surface area contributed by atoms with E-state index in [-0.39, 0.29) is 6.10 Å². The summed E-state index contributed by atoms with van der Waals surface area (Å²) in [7, 11) is 0. The van der Waals surface area contributed by atoms with E-state index in [1.165, 1.54) is 0 Å². The summed E-state index contributed by atoms with van der Waals surface area (Å²) in [6, 6.07) is 9.70. The van der Waals surface area contributed by atoms with Crippen LogP contribution in [0.4, 0.5) is 5.95 Å². The van der Waals surface area contributed by atoms with Crippen LogP contribution >= 0.6 is 0 Å². The Kier molecular flexibility index (Phi) is 3.25. The molecule has 21 heavy (non-hydrogen) atoms. The number of aryl methyl sites for hydroxylation is 1. The number of nitrogens with zero attached hydrogens (tertiary/aromatic N) is 3. The van der Waals surface area contributed by atoms with Crippen LogP contribution in [0.3, 0.4) is 0 Å². The molecule has 0 spiro atoms. The van der Waals surface area contributed by atoms with Crippen molar-refractivity contribution in [2.75, 3.05) is 5.73 Å². The number of aromatic nitrogens is 3. The number of ether oxygens (including phenoxy) is 1. The Morgan fingerprint density at radius 3 is 2.52 bits per heavy atom. The first-order chi connectivity index (χ1) is 10.1. The van der Waals surface area contributed by atoms with Gasteiger partial charge in [0, 0.05) is 6.20 Å². The second-order valence-corrected chi connectivity index (χ2v) is 5.27. The van der Waals surface area contributed by atoms with Crippen LogP contribution in [-0.4, -0.2) is 20.6 Å². The summed E-state index contributed by atoms with van der Waals surface area (Å²) in [6.07, 6.45) is 1.92. The summed E-state index contributed by atoms with van der Waals surface area (Å²) >= 11 is 0. The largest absolute Gasteiger partial charge is 0.491 e. The average molecular weight is 282 g/mol. The van der Waals surface area contributed by atoms with Crippen LogP contribution in [0, 0.1) is 6.92 Å². The van der Waals surface area contributed by atoms with Gasteiger partial charge in [0.15, 0.2) is 5.65 Å². The van der Waals surface area contributed by atoms with E-state index in [4.69, 9.17) is 10.5 Å². The fraction of sp³-hybridized carbons (Fsp3) is 0.250. The molecule has 0 unspecified atom stereocenters. The number of rotatable bonds is 3. The molecule has 5 nitrogen and oxygen atoms in total. The highest BCUT2D eigenvalue weighted by Crippen LogP contribution is 2.25. The Morgan fingerprint density at radius 2 is 1.86 bits per heavy atom. The average Bonchev–Trinajstić information content (AvgIpc) is 2.77. The molecule has 2 aromatic heterocycles. The molecule has 0 saturated heterocycles. The molecule has 0 amide bonds. The molecular formula is C16H18N4O. The maximum atomic E-state index is 6.05. The van der Waals surface area contributed by atoms with Crippen molar-refractivity contribution in [2.24, 2.45) is 0 Å². The van der Waals surface area contributed by atoms with Gasteiger partial charge in [0.2, 0.25) is 5.95 Å². The maximum absolute atomic E-state index is 6.05. The minimum atomic E-state index is 0.152. The van der Waals surface area contributed by atoms with Gasteiger partial charge < -0.3 is 10.5 Å². The molecule has 0 aliphatic heterocycles. The van der Waals surface area contributed by atoms with E-state index in [1.54, 1.807) is 6.20 Å². The van der Waals surface area contributed by atoms with Crippen molar-refractivity contribution in [1.29, 1.82) is 0 Å². The zero-order chi connectivity index (χ0) is 15.0. The fourth-order valence-electron chi connectivity index (χ4n) is 2.31. The third-order valence-corrected chi connectivity index (χ3v) is 3.24. The molecule has 0 aliphatic carbocycles. The maximum Gasteiger partial charge on any atom is 0.207 e. The Labute approximate surface area is 123 Å². The van der Waals surface area contributed by atoms with Gasteiger partial charge in [-0.25, -0.2) is 9.97 Å². The van der Waals surface area contributed by atoms with Crippen LogP contribution in [-0.2, 0) is 0 Å². The summed E-state index contributed by atoms with van der Waals surface area (Å²) in [5.74, 6) is 1.27. The van der Waals surface area contributed by atoms with Crippen molar-refractivity contribution in [3.63, 3.8) is 0 Å². The lowest BCUT2D eigenvalue weighted by Crippen LogP contribution is -2.06. The van der Waals surface area contributed by atoms with E-state index in [9.17, 15) is 0 Å². The highest BCUT2D eigenvalue weighted by atomic mass is 16.5. The second kappa shape index (κ2) is 5.09. The smallest absolute Gasteiger partial charge is 0.207 e. The molecule has 3 aromatic rings. The number of hydrogen-bond acceptors (Lipinski definition) is 4. The van der Waals surface area contributed by atoms with Crippen molar-refractivity contribution in [3.8, 4) is 11.4 Å². The summed E-state index contributed by atoms with van der Waals surface area (Å²) < 4.78 is 7.50. The van der Waals surface area contributed by atoms with Gasteiger partial charge in [0.1, 0.15) is 11.3 Å². The summed E-state index contributed by atoms with van der Waals surface area (Å²) in [6.45, 7) is 6.00. The quantitative estimate of drug-likeness (QED) is 0.801. The molecule has 5 heteroatoms. The van der Waals surface area contributed by atoms with Crippen molar-refractivity contribution in [3.05, 3.63) is 42.1 Å². The summed E-state index contributed by atoms with van der Waals surface area (Å²) in [5.41, 5.74) is 9.63. The zero-order valence-corrected chi connectivity index (χ0v) is 12.4. The molecule has 0 bridgehead atoms. The van der Waals surface area contributed by atoms with Crippen LogP contribution in [0.2, 0.25) is 0 Å². The monoisotopic (exact) mass is 282 g/mol. The molecular weight excluding hydrogens is 264 g/mol. The van der Waals surface area contributed by atoms with Crippen LogP contribution in [0.1, 0.15) is 19.4 Å². The van der Waals surface area contributed by atoms with E-state index in [2.05, 4.69) is 9.97 Å². The lowest BCUT2D eigenvalue weighted by atomic mass is 10.2. The molecule has 2 heterocycles. The predicted molar refractivity (Wildman–Crippen MR) is 83.8 cm³/mol. The van der Waals surface area contributed by atoms with E-state index in [0.29, 0.717) is 5.95 Å². The van der Waals surface area contributed by atoms with Crippen LogP contribution in [0.25, 0.3) is 16.9 Å². The van der Waals surface area contributed by atoms with Gasteiger partial charge >= 0.3 is 0 Å². The van der Waals surface area contributed by atoms with E-state index >= 15 is 0 Å². The van der Waals surface area contributed by atoms with Crippen LogP contribution in [0.15, 0.2) is 36.5 Å². The van der Waals surface area contributed by atoms with Crippen molar-refractivity contribution >= 4 is 17.1 Å². The first-order valence-electron chi connectivity index (χ1n) is 6.93. The Hall–Kier alpha value is -2.56. The van der Waals surface area contributed by atoms with E-state index in [0.717, 1.165) is 28.2 Å². The zero-order valence-electron chi connectivity index (χ0n) is 12.4. The molecule has 3 rings (SSSR count). The number of imidazole rings is 1. The number of anilines is 1. The van der Waals surface area contributed by atoms with Crippen molar-refractivity contribution < 1.29 is 4.74 Å². The van der Waals surface area contributed by atoms with Gasteiger partial charge in [0.25, 0.3) is 0 Å². The number of nitrogen functional groups attached to an aromatic ring is 1. The van der Waals surface area contributed by atoms with Crippen molar-refractivity contribution in [1.82, 2.24) is 14.5 Å². The topological polar surface area (TPSA) is 66.0 Å². The highest BCUT2D eigenvalue weighted by molar-refractivity contribution is 5.79. The normalized spacial score (nSPS) is 11.2. The molecule has 0 atom stereocenters. The minimum Gasteiger partial charge on any atom is -0.491 e. The molecule has 0 radical (unpaired) electrons. The number of fused-ring (bicyclic) bond motifs is 1. The molecule has 0 saturated carbocycles. The van der Waals surface area contributed by atoms with Gasteiger partial charge in [-0.05, 0) is 56.7 Å². The first kappa shape index (κ1) is 13.4. The van der Waals surface area contributed by atoms with E-state index in [1.807, 2.05) is 55.7 Å². The fourth-order valence-corrected chi connectivity index (χ4v) is 2.31. The SMILES string of the molecule is Cc1ccnc2c1nc(N)n2-c1ccc(OC(C)C)cc1. The molecule has 0 aliphatic rings. The molecule has 108 valence electrons. The molecule has 2 N–H and O–H groups in total. The Morgan fingerprint density at radius 1 is 1.14 bits per heavy atom. The predicted octanol–water partition coefficient (Wildman–Crippen LogP) is 3.10. The first-order valence-corrected chi connectivity index (χ1v) is 6.93. The third-order valence-electron chi connectivity index (χ3n) is 3.24. The molecule has 0 fully saturated rings. The Bertz CT molecular complexity index is 775. The summed E-state index contributed by atoms with van der Waals surface area (Å²) in [4.78, 5) is 8.81. The van der Waals surface area contributed by atoms with Crippen molar-refractivity contribution in [2.45, 2.75) is 26.9 Å². The summed E-state index contributed by atoms with van der Waals surface area (Å²) in [5, 5.41) is 0. The van der Waals surface area contributed by atoms with Gasteiger partial charge in [-0.2, -0.15) is 0 Å². The third kappa shape index (κ3) is 2.42. The minimum absolute atomic E-state index is 0.152. The van der Waals surface area contributed by atoms with Gasteiger partial charge in [-0.3, -0.25) is 4.57 Å². The Balaban J connectivity index is 2.08. The van der Waals surface area contributed by atoms with Crippen LogP contribution in [0.5, 0.6) is 5.75 Å². The lowest BCUT2D eigenvalue weighted by Gasteiger charge is -2.11. The van der Waals surface area contributed by atoms with Gasteiger partial charge in [-0.1, -0.05) is 0 Å². The van der Waals surface area contributed by atoms with Crippen LogP contribution < -0.4 is 10.5 Å². The van der Waals surface area contributed by atoms with Gasteiger partial charge in [0.05, 0.1) is 11.8 Å². The molecule has 1 aromatic carbocycles. The number of pyridine rings is 1. The highest BCUT2D eigenvalue weighted by Gasteiger charge is 2.12.